The van der Waals surface area contributed by atoms with Crippen molar-refractivity contribution in [1.29, 1.82) is 0 Å². The quantitative estimate of drug-likeness (QED) is 0.461. The molecular formula is C5H7N2. The Morgan fingerprint density at radius 3 is 3.00 bits per heavy atom. The highest BCUT2D eigenvalue weighted by Gasteiger charge is 1.87. The van der Waals surface area contributed by atoms with Crippen molar-refractivity contribution < 1.29 is 0 Å². The summed E-state index contributed by atoms with van der Waals surface area (Å²) in [5, 5.41) is 2.91. The summed E-state index contributed by atoms with van der Waals surface area (Å²) < 4.78 is 0. The number of nitrogens with one attached hydrogen (secondary N) is 1. The van der Waals surface area contributed by atoms with Gasteiger partial charge in [0.2, 0.25) is 0 Å². The molecule has 0 spiro atoms. The van der Waals surface area contributed by atoms with Gasteiger partial charge in [0.1, 0.15) is 0 Å². The first-order chi connectivity index (χ1) is 3.39. The molecule has 1 radical (unpaired) electrons. The van der Waals surface area contributed by atoms with Gasteiger partial charge in [0, 0.05) is 12.7 Å². The maximum Gasteiger partial charge on any atom is 0.0881 e. The smallest absolute Gasteiger partial charge is 0.0881 e. The zero-order valence-electron chi connectivity index (χ0n) is 4.02. The minimum Gasteiger partial charge on any atom is -0.372 e. The molecule has 7 heavy (non-hydrogen) atoms. The predicted octanol–water partition coefficient (Wildman–Crippen LogP) is 0.336. The zero-order chi connectivity index (χ0) is 5.11. The fourth-order valence-electron chi connectivity index (χ4n) is 0.418. The van der Waals surface area contributed by atoms with Crippen LogP contribution in [0.15, 0.2) is 16.8 Å². The van der Waals surface area contributed by atoms with Crippen LogP contribution >= 0.6 is 0 Å². The third kappa shape index (κ3) is 1.03. The summed E-state index contributed by atoms with van der Waals surface area (Å²) in [5.41, 5.74) is 1.03. The van der Waals surface area contributed by atoms with Gasteiger partial charge in [-0.1, -0.05) is 0 Å². The van der Waals surface area contributed by atoms with Crippen LogP contribution in [0.1, 0.15) is 0 Å². The Morgan fingerprint density at radius 2 is 2.71 bits per heavy atom. The van der Waals surface area contributed by atoms with Crippen LogP contribution in [-0.4, -0.2) is 12.9 Å². The van der Waals surface area contributed by atoms with Gasteiger partial charge in [-0.15, -0.1) is 0 Å². The molecule has 0 amide bonds. The fraction of sp³-hybridized carbons (Fsp3) is 0.200. The third-order valence-electron chi connectivity index (χ3n) is 0.752. The van der Waals surface area contributed by atoms with E-state index < -0.39 is 0 Å². The molecule has 0 fully saturated rings. The van der Waals surface area contributed by atoms with Gasteiger partial charge < -0.3 is 5.32 Å². The lowest BCUT2D eigenvalue weighted by Gasteiger charge is -2.01. The molecule has 1 rings (SSSR count). The molecule has 2 nitrogen and oxygen atoms in total. The molecule has 37 valence electrons. The van der Waals surface area contributed by atoms with E-state index in [-0.39, 0.29) is 0 Å². The minimum atomic E-state index is 0.837. The third-order valence-corrected chi connectivity index (χ3v) is 0.752. The molecule has 0 bridgehead atoms. The van der Waals surface area contributed by atoms with E-state index in [1.54, 1.807) is 12.5 Å². The van der Waals surface area contributed by atoms with Crippen molar-refractivity contribution in [3.63, 3.8) is 0 Å². The van der Waals surface area contributed by atoms with E-state index in [0.29, 0.717) is 0 Å². The molecule has 0 aromatic rings. The lowest BCUT2D eigenvalue weighted by molar-refractivity contribution is 0.999. The van der Waals surface area contributed by atoms with Gasteiger partial charge in [0.05, 0.1) is 6.34 Å². The van der Waals surface area contributed by atoms with E-state index in [1.165, 1.54) is 0 Å². The molecule has 1 aliphatic heterocycles. The van der Waals surface area contributed by atoms with E-state index in [4.69, 9.17) is 0 Å². The lowest BCUT2D eigenvalue weighted by Crippen LogP contribution is -2.15. The maximum absolute atomic E-state index is 3.80. The molecule has 0 aliphatic carbocycles. The number of aliphatic imine (C=N–C) groups is 1. The standard InChI is InChI=1S/C5H7N2/c1-5-2-6-4-7-3-5/h2,4H,1,3H2,(H,6,7). The van der Waals surface area contributed by atoms with Gasteiger partial charge in [0.25, 0.3) is 0 Å². The monoisotopic (exact) mass is 95.1 g/mol. The van der Waals surface area contributed by atoms with Gasteiger partial charge in [-0.25, -0.2) is 4.99 Å². The highest BCUT2D eigenvalue weighted by molar-refractivity contribution is 5.57. The maximum atomic E-state index is 3.80. The van der Waals surface area contributed by atoms with Gasteiger partial charge in [-0.05, 0) is 12.5 Å². The van der Waals surface area contributed by atoms with Crippen LogP contribution < -0.4 is 5.32 Å². The second-order valence-corrected chi connectivity index (χ2v) is 1.45. The van der Waals surface area contributed by atoms with E-state index in [2.05, 4.69) is 17.2 Å². The van der Waals surface area contributed by atoms with Crippen LogP contribution in [0.25, 0.3) is 0 Å². The number of hydrogen-bond acceptors (Lipinski definition) is 2. The Bertz CT molecular complexity index is 113. The second-order valence-electron chi connectivity index (χ2n) is 1.45. The average Bonchev–Trinajstić information content (AvgIpc) is 1.69. The predicted molar refractivity (Wildman–Crippen MR) is 29.9 cm³/mol. The molecule has 0 aromatic carbocycles. The summed E-state index contributed by atoms with van der Waals surface area (Å²) >= 11 is 0. The van der Waals surface area contributed by atoms with Crippen LogP contribution in [0, 0.1) is 6.92 Å². The second kappa shape index (κ2) is 1.78. The van der Waals surface area contributed by atoms with Crippen LogP contribution in [-0.2, 0) is 0 Å². The average molecular weight is 95.1 g/mol. The van der Waals surface area contributed by atoms with Gasteiger partial charge in [0.15, 0.2) is 0 Å². The molecule has 0 saturated carbocycles. The van der Waals surface area contributed by atoms with Crippen LogP contribution in [0.3, 0.4) is 0 Å². The van der Waals surface area contributed by atoms with E-state index in [1.807, 2.05) is 0 Å². The Hall–Kier alpha value is -0.790. The summed E-state index contributed by atoms with van der Waals surface area (Å²) in [5.74, 6) is 0. The van der Waals surface area contributed by atoms with E-state index in [9.17, 15) is 0 Å². The summed E-state index contributed by atoms with van der Waals surface area (Å²) in [6.07, 6.45) is 3.41. The van der Waals surface area contributed by atoms with E-state index >= 15 is 0 Å². The summed E-state index contributed by atoms with van der Waals surface area (Å²) in [4.78, 5) is 3.80. The fourth-order valence-corrected chi connectivity index (χ4v) is 0.418. The molecule has 1 heterocycles. The largest absolute Gasteiger partial charge is 0.372 e. The van der Waals surface area contributed by atoms with E-state index in [0.717, 1.165) is 12.1 Å². The SMILES string of the molecule is [CH2]C1=CN=CNC1. The van der Waals surface area contributed by atoms with Gasteiger partial charge in [-0.2, -0.15) is 0 Å². The topological polar surface area (TPSA) is 24.4 Å². The molecule has 1 N–H and O–H groups in total. The molecule has 0 saturated heterocycles. The van der Waals surface area contributed by atoms with Crippen molar-refractivity contribution in [2.75, 3.05) is 6.54 Å². The Labute approximate surface area is 42.9 Å². The number of rotatable bonds is 0. The van der Waals surface area contributed by atoms with Crippen molar-refractivity contribution in [1.82, 2.24) is 5.32 Å². The Morgan fingerprint density at radius 1 is 1.86 bits per heavy atom. The molecule has 0 aromatic heterocycles. The molecule has 0 atom stereocenters. The molecule has 1 aliphatic rings. The first kappa shape index (κ1) is 4.37. The summed E-state index contributed by atoms with van der Waals surface area (Å²) in [6, 6.07) is 0. The van der Waals surface area contributed by atoms with Crippen LogP contribution in [0.4, 0.5) is 0 Å². The minimum absolute atomic E-state index is 0.837. The van der Waals surface area contributed by atoms with Gasteiger partial charge in [-0.3, -0.25) is 0 Å². The summed E-state index contributed by atoms with van der Waals surface area (Å²) in [7, 11) is 0. The first-order valence-electron chi connectivity index (χ1n) is 2.15. The summed E-state index contributed by atoms with van der Waals surface area (Å²) in [6.45, 7) is 4.52. The number of hydrogen-bond donors (Lipinski definition) is 1. The normalized spacial score (nSPS) is 18.1. The van der Waals surface area contributed by atoms with Crippen molar-refractivity contribution in [3.05, 3.63) is 18.7 Å². The Balaban J connectivity index is 2.57. The highest BCUT2D eigenvalue weighted by atomic mass is 14.9. The van der Waals surface area contributed by atoms with Crippen molar-refractivity contribution in [3.8, 4) is 0 Å². The van der Waals surface area contributed by atoms with Crippen molar-refractivity contribution in [2.24, 2.45) is 4.99 Å². The zero-order valence-corrected chi connectivity index (χ0v) is 4.02. The van der Waals surface area contributed by atoms with Crippen LogP contribution in [0.2, 0.25) is 0 Å². The first-order valence-corrected chi connectivity index (χ1v) is 2.15. The van der Waals surface area contributed by atoms with Crippen molar-refractivity contribution >= 4 is 6.34 Å². The molecule has 2 heteroatoms. The number of nitrogens with zero attached hydrogens (tertiary/aromatic N) is 1. The molecule has 0 unspecified atom stereocenters. The molecular weight excluding hydrogens is 88.1 g/mol. The van der Waals surface area contributed by atoms with Crippen molar-refractivity contribution in [2.45, 2.75) is 0 Å². The Kier molecular flexibility index (Phi) is 1.11. The highest BCUT2D eigenvalue weighted by Crippen LogP contribution is 1.90. The van der Waals surface area contributed by atoms with Gasteiger partial charge >= 0.3 is 0 Å². The lowest BCUT2D eigenvalue weighted by atomic mass is 10.3. The van der Waals surface area contributed by atoms with Crippen LogP contribution in [0.5, 0.6) is 0 Å².